The van der Waals surface area contributed by atoms with Crippen LogP contribution in [-0.4, -0.2) is 67.3 Å². The molecule has 1 aromatic carbocycles. The summed E-state index contributed by atoms with van der Waals surface area (Å²) in [5, 5.41) is 12.7. The molecule has 11 nitrogen and oxygen atoms in total. The molecule has 3 rings (SSSR count). The topological polar surface area (TPSA) is 123 Å². The summed E-state index contributed by atoms with van der Waals surface area (Å²) in [7, 11) is 7.07. The zero-order valence-electron chi connectivity index (χ0n) is 17.8. The minimum absolute atomic E-state index is 0.134. The van der Waals surface area contributed by atoms with Crippen molar-refractivity contribution in [1.82, 2.24) is 19.8 Å². The Morgan fingerprint density at radius 1 is 0.968 bits per heavy atom. The first kappa shape index (κ1) is 22.0. The lowest BCUT2D eigenvalue weighted by Gasteiger charge is -2.10. The maximum atomic E-state index is 12.2. The molecule has 0 bridgehead atoms. The molecule has 0 unspecified atom stereocenters. The number of methoxy groups -OCH3 is 5. The van der Waals surface area contributed by atoms with Gasteiger partial charge in [0.05, 0.1) is 58.4 Å². The van der Waals surface area contributed by atoms with E-state index in [1.54, 1.807) is 19.2 Å². The molecule has 0 aliphatic carbocycles. The fourth-order valence-electron chi connectivity index (χ4n) is 3.14. The third kappa shape index (κ3) is 4.12. The number of hydrogen-bond donors (Lipinski definition) is 0. The fraction of sp³-hybridized carbons (Fsp3) is 0.350. The van der Waals surface area contributed by atoms with Gasteiger partial charge in [-0.15, -0.1) is 10.2 Å². The molecule has 2 heterocycles. The van der Waals surface area contributed by atoms with Crippen LogP contribution >= 0.6 is 0 Å². The van der Waals surface area contributed by atoms with E-state index in [-0.39, 0.29) is 24.4 Å². The minimum atomic E-state index is -0.746. The highest BCUT2D eigenvalue weighted by atomic mass is 16.5. The van der Waals surface area contributed by atoms with E-state index in [1.807, 2.05) is 6.07 Å². The number of aromatic nitrogens is 4. The van der Waals surface area contributed by atoms with Crippen LogP contribution < -0.4 is 9.47 Å². The second kappa shape index (κ2) is 9.39. The molecule has 3 aromatic rings. The number of esters is 2. The second-order valence-corrected chi connectivity index (χ2v) is 6.30. The molecule has 0 fully saturated rings. The van der Waals surface area contributed by atoms with E-state index in [0.29, 0.717) is 34.0 Å². The highest BCUT2D eigenvalue weighted by molar-refractivity contribution is 5.91. The van der Waals surface area contributed by atoms with Gasteiger partial charge in [-0.25, -0.2) is 9.31 Å². The van der Waals surface area contributed by atoms with Gasteiger partial charge in [-0.05, 0) is 17.7 Å². The molecule has 0 atom stereocenters. The molecule has 0 aliphatic rings. The predicted octanol–water partition coefficient (Wildman–Crippen LogP) is 1.46. The first-order chi connectivity index (χ1) is 15.0. The van der Waals surface area contributed by atoms with E-state index in [9.17, 15) is 9.59 Å². The molecule has 0 aliphatic heterocycles. The summed E-state index contributed by atoms with van der Waals surface area (Å²) < 4.78 is 26.9. The highest BCUT2D eigenvalue weighted by Gasteiger charge is 2.26. The van der Waals surface area contributed by atoms with Crippen molar-refractivity contribution in [2.24, 2.45) is 0 Å². The van der Waals surface area contributed by atoms with Crippen LogP contribution in [0.25, 0.3) is 16.8 Å². The molecule has 11 heteroatoms. The molecule has 164 valence electrons. The summed E-state index contributed by atoms with van der Waals surface area (Å²) in [5.41, 5.74) is 2.23. The van der Waals surface area contributed by atoms with Crippen molar-refractivity contribution in [2.45, 2.75) is 13.0 Å². The Morgan fingerprint density at radius 3 is 2.32 bits per heavy atom. The van der Waals surface area contributed by atoms with Gasteiger partial charge in [-0.2, -0.15) is 5.10 Å². The van der Waals surface area contributed by atoms with Crippen molar-refractivity contribution in [3.05, 3.63) is 35.3 Å². The average molecular weight is 430 g/mol. The van der Waals surface area contributed by atoms with Crippen LogP contribution in [0.3, 0.4) is 0 Å². The van der Waals surface area contributed by atoms with Gasteiger partial charge in [0.15, 0.2) is 22.8 Å². The van der Waals surface area contributed by atoms with Gasteiger partial charge < -0.3 is 23.7 Å². The van der Waals surface area contributed by atoms with E-state index in [4.69, 9.17) is 23.7 Å². The summed E-state index contributed by atoms with van der Waals surface area (Å²) >= 11 is 0. The molecule has 0 saturated heterocycles. The maximum Gasteiger partial charge on any atom is 0.360 e. The van der Waals surface area contributed by atoms with Crippen molar-refractivity contribution in [2.75, 3.05) is 35.5 Å². The lowest BCUT2D eigenvalue weighted by atomic mass is 10.1. The minimum Gasteiger partial charge on any atom is -0.493 e. The van der Waals surface area contributed by atoms with Gasteiger partial charge in [0.25, 0.3) is 0 Å². The number of hydrogen-bond acceptors (Lipinski definition) is 10. The molecule has 0 N–H and O–H groups in total. The summed E-state index contributed by atoms with van der Waals surface area (Å²) in [6, 6.07) is 5.33. The van der Waals surface area contributed by atoms with Crippen molar-refractivity contribution < 1.29 is 33.3 Å². The standard InChI is InChI=1S/C20H22N4O7/c1-27-10-12-17(11-6-7-14(28-2)15(8-11)29-3)19-22-21-18(20(26)31-5)13(24(19)23-12)9-16(25)30-4/h6-8H,9-10H2,1-5H3. The summed E-state index contributed by atoms with van der Waals surface area (Å²) in [6.07, 6.45) is -0.258. The van der Waals surface area contributed by atoms with E-state index in [0.717, 1.165) is 0 Å². The van der Waals surface area contributed by atoms with Crippen LogP contribution in [0.15, 0.2) is 18.2 Å². The maximum absolute atomic E-state index is 12.2. The van der Waals surface area contributed by atoms with Gasteiger partial charge in [0, 0.05) is 7.11 Å². The van der Waals surface area contributed by atoms with Gasteiger partial charge in [0.1, 0.15) is 0 Å². The molecule has 2 aromatic heterocycles. The average Bonchev–Trinajstić information content (AvgIpc) is 3.16. The van der Waals surface area contributed by atoms with Crippen molar-refractivity contribution >= 4 is 17.6 Å². The smallest absolute Gasteiger partial charge is 0.360 e. The van der Waals surface area contributed by atoms with Crippen LogP contribution in [0.5, 0.6) is 11.5 Å². The zero-order chi connectivity index (χ0) is 22.5. The Bertz CT molecular complexity index is 1130. The predicted molar refractivity (Wildman–Crippen MR) is 107 cm³/mol. The van der Waals surface area contributed by atoms with Crippen molar-refractivity contribution in [1.29, 1.82) is 0 Å². The Kier molecular flexibility index (Phi) is 6.65. The molecule has 0 radical (unpaired) electrons. The SMILES string of the molecule is COCc1nn2c(CC(=O)OC)c(C(=O)OC)nnc2c1-c1ccc(OC)c(OC)c1. The Balaban J connectivity index is 2.31. The van der Waals surface area contributed by atoms with Gasteiger partial charge >= 0.3 is 11.9 Å². The third-order valence-corrected chi connectivity index (χ3v) is 4.58. The summed E-state index contributed by atoms with van der Waals surface area (Å²) in [6.45, 7) is 0.151. The molecule has 0 saturated carbocycles. The first-order valence-electron chi connectivity index (χ1n) is 9.12. The van der Waals surface area contributed by atoms with Crippen LogP contribution in [0.4, 0.5) is 0 Å². The third-order valence-electron chi connectivity index (χ3n) is 4.58. The van der Waals surface area contributed by atoms with Crippen molar-refractivity contribution in [3.63, 3.8) is 0 Å². The summed E-state index contributed by atoms with van der Waals surface area (Å²) in [5.74, 6) is -0.251. The number of benzene rings is 1. The number of nitrogens with zero attached hydrogens (tertiary/aromatic N) is 4. The lowest BCUT2D eigenvalue weighted by Crippen LogP contribution is -2.19. The number of fused-ring (bicyclic) bond motifs is 1. The van der Waals surface area contributed by atoms with E-state index in [2.05, 4.69) is 15.3 Å². The molecular formula is C20H22N4O7. The van der Waals surface area contributed by atoms with Crippen LogP contribution in [0, 0.1) is 0 Å². The zero-order valence-corrected chi connectivity index (χ0v) is 17.8. The summed E-state index contributed by atoms with van der Waals surface area (Å²) in [4.78, 5) is 24.2. The largest absolute Gasteiger partial charge is 0.493 e. The number of ether oxygens (including phenoxy) is 5. The lowest BCUT2D eigenvalue weighted by molar-refractivity contribution is -0.139. The monoisotopic (exact) mass is 430 g/mol. The fourth-order valence-corrected chi connectivity index (χ4v) is 3.14. The Morgan fingerprint density at radius 2 is 1.71 bits per heavy atom. The van der Waals surface area contributed by atoms with Gasteiger partial charge in [-0.1, -0.05) is 6.07 Å². The van der Waals surface area contributed by atoms with Crippen LogP contribution in [0.2, 0.25) is 0 Å². The Labute approximate surface area is 177 Å². The van der Waals surface area contributed by atoms with Crippen molar-refractivity contribution in [3.8, 4) is 22.6 Å². The number of rotatable bonds is 8. The van der Waals surface area contributed by atoms with E-state index >= 15 is 0 Å². The Hall–Kier alpha value is -3.73. The van der Waals surface area contributed by atoms with Crippen LogP contribution in [-0.2, 0) is 32.0 Å². The molecular weight excluding hydrogens is 408 g/mol. The molecule has 31 heavy (non-hydrogen) atoms. The van der Waals surface area contributed by atoms with E-state index < -0.39 is 11.9 Å². The second-order valence-electron chi connectivity index (χ2n) is 6.30. The van der Waals surface area contributed by atoms with Gasteiger partial charge in [-0.3, -0.25) is 4.79 Å². The van der Waals surface area contributed by atoms with Gasteiger partial charge in [0.2, 0.25) is 0 Å². The van der Waals surface area contributed by atoms with E-state index in [1.165, 1.54) is 33.0 Å². The van der Waals surface area contributed by atoms with Crippen LogP contribution in [0.1, 0.15) is 21.9 Å². The molecule has 0 spiro atoms. The number of carbonyl (C=O) groups excluding carboxylic acids is 2. The quantitative estimate of drug-likeness (QED) is 0.485. The molecule has 0 amide bonds. The first-order valence-corrected chi connectivity index (χ1v) is 9.12. The highest BCUT2D eigenvalue weighted by Crippen LogP contribution is 2.35. The normalized spacial score (nSPS) is 10.7. The number of carbonyl (C=O) groups is 2.